The fourth-order valence-electron chi connectivity index (χ4n) is 1.84. The molecule has 2 unspecified atom stereocenters. The van der Waals surface area contributed by atoms with Gasteiger partial charge in [0.05, 0.1) is 6.04 Å². The molecule has 1 rings (SSSR count). The summed E-state index contributed by atoms with van der Waals surface area (Å²) in [4.78, 5) is 12.0. The Hall–Kier alpha value is -0.870. The van der Waals surface area contributed by atoms with Gasteiger partial charge in [-0.3, -0.25) is 10.1 Å². The van der Waals surface area contributed by atoms with E-state index in [-0.39, 0.29) is 24.0 Å². The Morgan fingerprint density at radius 3 is 2.47 bits per heavy atom. The Morgan fingerprint density at radius 1 is 1.26 bits per heavy atom. The van der Waals surface area contributed by atoms with Gasteiger partial charge in [-0.05, 0) is 38.8 Å². The number of rotatable bonds is 6. The molecule has 0 aromatic heterocycles. The maximum Gasteiger partial charge on any atom is 0.237 e. The summed E-state index contributed by atoms with van der Waals surface area (Å²) in [6, 6.07) is 8.18. The average Bonchev–Trinajstić information content (AvgIpc) is 2.38. The van der Waals surface area contributed by atoms with Gasteiger partial charge in [0.2, 0.25) is 5.91 Å². The van der Waals surface area contributed by atoms with Crippen molar-refractivity contribution < 1.29 is 4.79 Å². The van der Waals surface area contributed by atoms with Crippen molar-refractivity contribution in [2.24, 2.45) is 0 Å². The molecule has 2 N–H and O–H groups in total. The number of benzene rings is 1. The van der Waals surface area contributed by atoms with Gasteiger partial charge in [0.15, 0.2) is 0 Å². The van der Waals surface area contributed by atoms with Gasteiger partial charge in [-0.15, -0.1) is 0 Å². The van der Waals surface area contributed by atoms with Gasteiger partial charge in [0.25, 0.3) is 0 Å². The van der Waals surface area contributed by atoms with E-state index in [9.17, 15) is 4.79 Å². The van der Waals surface area contributed by atoms with E-state index in [1.807, 2.05) is 32.0 Å². The fraction of sp³-hybridized carbons (Fsp3) is 0.533. The van der Waals surface area contributed by atoms with Crippen LogP contribution in [0.5, 0.6) is 0 Å². The molecule has 4 heteroatoms. The Balaban J connectivity index is 2.59. The molecule has 0 saturated heterocycles. The van der Waals surface area contributed by atoms with Crippen molar-refractivity contribution in [3.8, 4) is 0 Å². The van der Waals surface area contributed by atoms with Crippen LogP contribution in [0.15, 0.2) is 28.7 Å². The van der Waals surface area contributed by atoms with Crippen LogP contribution >= 0.6 is 15.9 Å². The third kappa shape index (κ3) is 4.96. The molecule has 0 heterocycles. The zero-order valence-corrected chi connectivity index (χ0v) is 13.6. The normalized spacial score (nSPS) is 15.6. The van der Waals surface area contributed by atoms with E-state index in [0.29, 0.717) is 0 Å². The van der Waals surface area contributed by atoms with Gasteiger partial charge in [-0.25, -0.2) is 0 Å². The lowest BCUT2D eigenvalue weighted by Gasteiger charge is -2.22. The Kier molecular flexibility index (Phi) is 6.52. The number of nitrogens with one attached hydrogen (secondary N) is 2. The highest BCUT2D eigenvalue weighted by Gasteiger charge is 2.18. The lowest BCUT2D eigenvalue weighted by molar-refractivity contribution is -0.123. The minimum Gasteiger partial charge on any atom is -0.352 e. The molecule has 0 fully saturated rings. The van der Waals surface area contributed by atoms with Crippen molar-refractivity contribution >= 4 is 21.8 Å². The first-order chi connectivity index (χ1) is 8.95. The highest BCUT2D eigenvalue weighted by Crippen LogP contribution is 2.22. The Labute approximate surface area is 124 Å². The molecule has 106 valence electrons. The lowest BCUT2D eigenvalue weighted by Crippen LogP contribution is -2.46. The summed E-state index contributed by atoms with van der Waals surface area (Å²) < 4.78 is 1.06. The van der Waals surface area contributed by atoms with Crippen molar-refractivity contribution in [2.75, 3.05) is 0 Å². The largest absolute Gasteiger partial charge is 0.352 e. The second kappa shape index (κ2) is 7.65. The third-order valence-corrected chi connectivity index (χ3v) is 3.99. The van der Waals surface area contributed by atoms with Crippen LogP contribution in [0.1, 0.15) is 45.7 Å². The molecular formula is C15H23BrN2O. The van der Waals surface area contributed by atoms with Gasteiger partial charge in [-0.1, -0.05) is 41.1 Å². The summed E-state index contributed by atoms with van der Waals surface area (Å²) in [5, 5.41) is 6.31. The van der Waals surface area contributed by atoms with Crippen LogP contribution in [0, 0.1) is 0 Å². The smallest absolute Gasteiger partial charge is 0.237 e. The number of carbonyl (C=O) groups excluding carboxylic acids is 1. The summed E-state index contributed by atoms with van der Waals surface area (Å²) in [6.07, 6.45) is 0.943. The molecule has 0 aliphatic heterocycles. The van der Waals surface area contributed by atoms with E-state index in [1.54, 1.807) is 0 Å². The molecule has 0 aliphatic carbocycles. The summed E-state index contributed by atoms with van der Waals surface area (Å²) >= 11 is 3.53. The number of halogens is 1. The van der Waals surface area contributed by atoms with E-state index in [1.165, 1.54) is 0 Å². The molecular weight excluding hydrogens is 304 g/mol. The van der Waals surface area contributed by atoms with E-state index >= 15 is 0 Å². The van der Waals surface area contributed by atoms with Gasteiger partial charge in [0, 0.05) is 16.6 Å². The molecule has 0 radical (unpaired) electrons. The summed E-state index contributed by atoms with van der Waals surface area (Å²) in [7, 11) is 0. The van der Waals surface area contributed by atoms with Gasteiger partial charge < -0.3 is 5.32 Å². The van der Waals surface area contributed by atoms with E-state index < -0.39 is 0 Å². The topological polar surface area (TPSA) is 41.1 Å². The standard InChI is InChI=1S/C15H23BrN2O/c1-5-10(2)17-15(19)12(4)18-11(3)13-8-6-7-9-14(13)16/h6-12,18H,5H2,1-4H3,(H,17,19)/t10?,11-,12?/m0/s1. The molecule has 0 spiro atoms. The molecule has 1 aromatic rings. The number of carbonyl (C=O) groups is 1. The predicted molar refractivity (Wildman–Crippen MR) is 83.1 cm³/mol. The monoisotopic (exact) mass is 326 g/mol. The molecule has 1 amide bonds. The first-order valence-electron chi connectivity index (χ1n) is 6.76. The zero-order valence-electron chi connectivity index (χ0n) is 12.0. The Bertz CT molecular complexity index is 422. The van der Waals surface area contributed by atoms with Crippen molar-refractivity contribution in [1.29, 1.82) is 0 Å². The summed E-state index contributed by atoms with van der Waals surface area (Å²) in [5.41, 5.74) is 1.16. The highest BCUT2D eigenvalue weighted by molar-refractivity contribution is 9.10. The average molecular weight is 327 g/mol. The van der Waals surface area contributed by atoms with Crippen molar-refractivity contribution in [1.82, 2.24) is 10.6 Å². The number of hydrogen-bond donors (Lipinski definition) is 2. The number of amides is 1. The first-order valence-corrected chi connectivity index (χ1v) is 7.55. The molecule has 3 atom stereocenters. The molecule has 3 nitrogen and oxygen atoms in total. The SMILES string of the molecule is CCC(C)NC(=O)C(C)N[C@@H](C)c1ccccc1Br. The quantitative estimate of drug-likeness (QED) is 0.841. The van der Waals surface area contributed by atoms with Crippen LogP contribution in [0.4, 0.5) is 0 Å². The maximum atomic E-state index is 12.0. The molecule has 0 saturated carbocycles. The maximum absolute atomic E-state index is 12.0. The van der Waals surface area contributed by atoms with Gasteiger partial charge in [0.1, 0.15) is 0 Å². The van der Waals surface area contributed by atoms with E-state index in [2.05, 4.69) is 46.5 Å². The van der Waals surface area contributed by atoms with Crippen LogP contribution in [0.3, 0.4) is 0 Å². The molecule has 19 heavy (non-hydrogen) atoms. The minimum atomic E-state index is -0.212. The summed E-state index contributed by atoms with van der Waals surface area (Å²) in [5.74, 6) is 0.0493. The van der Waals surface area contributed by atoms with Gasteiger partial charge >= 0.3 is 0 Å². The zero-order chi connectivity index (χ0) is 14.4. The predicted octanol–water partition coefficient (Wildman–Crippen LogP) is 3.40. The van der Waals surface area contributed by atoms with Gasteiger partial charge in [-0.2, -0.15) is 0 Å². The summed E-state index contributed by atoms with van der Waals surface area (Å²) in [6.45, 7) is 8.03. The highest BCUT2D eigenvalue weighted by atomic mass is 79.9. The lowest BCUT2D eigenvalue weighted by atomic mass is 10.1. The van der Waals surface area contributed by atoms with Crippen LogP contribution in [-0.4, -0.2) is 18.0 Å². The van der Waals surface area contributed by atoms with Crippen molar-refractivity contribution in [3.05, 3.63) is 34.3 Å². The molecule has 0 bridgehead atoms. The van der Waals surface area contributed by atoms with Crippen LogP contribution in [0.25, 0.3) is 0 Å². The second-order valence-electron chi connectivity index (χ2n) is 4.95. The van der Waals surface area contributed by atoms with Crippen molar-refractivity contribution in [2.45, 2.75) is 52.2 Å². The number of hydrogen-bond acceptors (Lipinski definition) is 2. The van der Waals surface area contributed by atoms with Crippen molar-refractivity contribution in [3.63, 3.8) is 0 Å². The van der Waals surface area contributed by atoms with Crippen LogP contribution in [-0.2, 0) is 4.79 Å². The molecule has 0 aliphatic rings. The van der Waals surface area contributed by atoms with Crippen LogP contribution < -0.4 is 10.6 Å². The molecule has 1 aromatic carbocycles. The Morgan fingerprint density at radius 2 is 1.89 bits per heavy atom. The minimum absolute atomic E-state index is 0.0493. The second-order valence-corrected chi connectivity index (χ2v) is 5.80. The third-order valence-electron chi connectivity index (χ3n) is 3.27. The first kappa shape index (κ1) is 16.2. The van der Waals surface area contributed by atoms with Crippen LogP contribution in [0.2, 0.25) is 0 Å². The van der Waals surface area contributed by atoms with E-state index in [4.69, 9.17) is 0 Å². The fourth-order valence-corrected chi connectivity index (χ4v) is 2.46. The van der Waals surface area contributed by atoms with E-state index in [0.717, 1.165) is 16.5 Å².